The van der Waals surface area contributed by atoms with Crippen LogP contribution in [-0.2, 0) is 20.7 Å². The molecule has 0 aromatic carbocycles. The van der Waals surface area contributed by atoms with Gasteiger partial charge in [-0.25, -0.2) is 0 Å². The number of aryl methyl sites for hydroxylation is 1. The molecular formula is C11H17NO3S2. The highest BCUT2D eigenvalue weighted by molar-refractivity contribution is 7.73. The van der Waals surface area contributed by atoms with Crippen molar-refractivity contribution < 1.29 is 14.3 Å². The van der Waals surface area contributed by atoms with Gasteiger partial charge in [0.25, 0.3) is 0 Å². The third-order valence-corrected chi connectivity index (χ3v) is 3.40. The van der Waals surface area contributed by atoms with Crippen molar-refractivity contribution in [3.63, 3.8) is 0 Å². The van der Waals surface area contributed by atoms with Gasteiger partial charge in [0.15, 0.2) is 3.95 Å². The molecule has 0 unspecified atom stereocenters. The maximum Gasteiger partial charge on any atom is 0.311 e. The van der Waals surface area contributed by atoms with Crippen molar-refractivity contribution in [2.75, 3.05) is 19.8 Å². The van der Waals surface area contributed by atoms with E-state index >= 15 is 0 Å². The molecule has 1 aromatic rings. The van der Waals surface area contributed by atoms with Gasteiger partial charge in [-0.2, -0.15) is 0 Å². The van der Waals surface area contributed by atoms with Gasteiger partial charge in [0.2, 0.25) is 0 Å². The minimum absolute atomic E-state index is 0.238. The molecule has 6 heteroatoms. The van der Waals surface area contributed by atoms with Crippen LogP contribution in [0.3, 0.4) is 0 Å². The first-order chi connectivity index (χ1) is 8.13. The summed E-state index contributed by atoms with van der Waals surface area (Å²) in [4.78, 5) is 15.4. The summed E-state index contributed by atoms with van der Waals surface area (Å²) < 4.78 is 11.0. The molecule has 1 heterocycles. The first-order valence-electron chi connectivity index (χ1n) is 5.55. The van der Waals surface area contributed by atoms with Crippen LogP contribution in [0.5, 0.6) is 0 Å². The van der Waals surface area contributed by atoms with E-state index in [0.717, 1.165) is 17.0 Å². The van der Waals surface area contributed by atoms with Gasteiger partial charge in [-0.05, 0) is 25.6 Å². The van der Waals surface area contributed by atoms with Crippen molar-refractivity contribution in [3.05, 3.63) is 14.5 Å². The number of nitrogens with one attached hydrogen (secondary N) is 1. The van der Waals surface area contributed by atoms with E-state index in [4.69, 9.17) is 21.7 Å². The van der Waals surface area contributed by atoms with E-state index in [9.17, 15) is 4.79 Å². The lowest BCUT2D eigenvalue weighted by Crippen LogP contribution is -2.12. The Labute approximate surface area is 110 Å². The zero-order valence-electron chi connectivity index (χ0n) is 10.1. The average Bonchev–Trinajstić information content (AvgIpc) is 2.57. The molecule has 17 heavy (non-hydrogen) atoms. The molecule has 0 bridgehead atoms. The summed E-state index contributed by atoms with van der Waals surface area (Å²) in [6, 6.07) is 0. The number of ether oxygens (including phenoxy) is 2. The van der Waals surface area contributed by atoms with Gasteiger partial charge in [-0.15, -0.1) is 11.3 Å². The van der Waals surface area contributed by atoms with Gasteiger partial charge in [0.1, 0.15) is 6.61 Å². The molecule has 96 valence electrons. The van der Waals surface area contributed by atoms with Gasteiger partial charge in [-0.1, -0.05) is 6.92 Å². The van der Waals surface area contributed by atoms with Gasteiger partial charge in [-0.3, -0.25) is 4.79 Å². The number of hydrogen-bond acceptors (Lipinski definition) is 5. The predicted octanol–water partition coefficient (Wildman–Crippen LogP) is 2.63. The third-order valence-electron chi connectivity index (χ3n) is 2.07. The van der Waals surface area contributed by atoms with Gasteiger partial charge < -0.3 is 14.5 Å². The number of aromatic amines is 1. The number of rotatable bonds is 7. The predicted molar refractivity (Wildman–Crippen MR) is 70.0 cm³/mol. The first-order valence-corrected chi connectivity index (χ1v) is 6.78. The summed E-state index contributed by atoms with van der Waals surface area (Å²) in [6.07, 6.45) is 1.25. The standard InChI is InChI=1S/C11H17NO3S2/c1-3-4-14-5-6-15-10(13)7-9-8(2)12-11(16)17-9/h3-7H2,1-2H3,(H,12,16). The summed E-state index contributed by atoms with van der Waals surface area (Å²) in [6.45, 7) is 5.42. The van der Waals surface area contributed by atoms with Crippen LogP contribution >= 0.6 is 23.6 Å². The van der Waals surface area contributed by atoms with Gasteiger partial charge in [0.05, 0.1) is 13.0 Å². The van der Waals surface area contributed by atoms with E-state index in [1.54, 1.807) is 0 Å². The fraction of sp³-hybridized carbons (Fsp3) is 0.636. The molecule has 0 amide bonds. The van der Waals surface area contributed by atoms with Crippen molar-refractivity contribution in [1.29, 1.82) is 0 Å². The fourth-order valence-electron chi connectivity index (χ4n) is 1.25. The lowest BCUT2D eigenvalue weighted by Gasteiger charge is -2.04. The molecule has 0 saturated carbocycles. The normalized spacial score (nSPS) is 10.5. The van der Waals surface area contributed by atoms with Crippen LogP contribution in [0.25, 0.3) is 0 Å². The summed E-state index contributed by atoms with van der Waals surface area (Å²) in [7, 11) is 0. The van der Waals surface area contributed by atoms with E-state index in [1.165, 1.54) is 11.3 Å². The molecule has 1 rings (SSSR count). The lowest BCUT2D eigenvalue weighted by molar-refractivity contribution is -0.144. The number of hydrogen-bond donors (Lipinski definition) is 1. The number of H-pyrrole nitrogens is 1. The number of carbonyl (C=O) groups excluding carboxylic acids is 1. The number of aromatic nitrogens is 1. The van der Waals surface area contributed by atoms with E-state index in [-0.39, 0.29) is 12.4 Å². The number of esters is 1. The SMILES string of the molecule is CCCOCCOC(=O)Cc1sc(=S)[nH]c1C. The minimum atomic E-state index is -0.238. The Morgan fingerprint density at radius 2 is 2.18 bits per heavy atom. The summed E-state index contributed by atoms with van der Waals surface area (Å²) >= 11 is 6.42. The monoisotopic (exact) mass is 275 g/mol. The Kier molecular flexibility index (Phi) is 6.39. The van der Waals surface area contributed by atoms with Crippen LogP contribution in [0.1, 0.15) is 23.9 Å². The molecule has 0 saturated heterocycles. The Balaban J connectivity index is 2.25. The van der Waals surface area contributed by atoms with E-state index in [1.807, 2.05) is 13.8 Å². The summed E-state index contributed by atoms with van der Waals surface area (Å²) in [5.41, 5.74) is 0.944. The summed E-state index contributed by atoms with van der Waals surface area (Å²) in [5, 5.41) is 0. The van der Waals surface area contributed by atoms with Crippen LogP contribution < -0.4 is 0 Å². The van der Waals surface area contributed by atoms with E-state index < -0.39 is 0 Å². The van der Waals surface area contributed by atoms with Crippen LogP contribution in [0.4, 0.5) is 0 Å². The second-order valence-corrected chi connectivity index (χ2v) is 5.34. The topological polar surface area (TPSA) is 51.3 Å². The molecule has 1 N–H and O–H groups in total. The van der Waals surface area contributed by atoms with Crippen LogP contribution in [0, 0.1) is 10.9 Å². The molecule has 0 radical (unpaired) electrons. The van der Waals surface area contributed by atoms with Crippen LogP contribution in [0.2, 0.25) is 0 Å². The molecule has 0 aliphatic rings. The molecule has 4 nitrogen and oxygen atoms in total. The zero-order chi connectivity index (χ0) is 12.7. The van der Waals surface area contributed by atoms with E-state index in [0.29, 0.717) is 23.8 Å². The zero-order valence-corrected chi connectivity index (χ0v) is 11.7. The molecule has 0 fully saturated rings. The largest absolute Gasteiger partial charge is 0.463 e. The van der Waals surface area contributed by atoms with Crippen molar-refractivity contribution in [2.45, 2.75) is 26.7 Å². The fourth-order valence-corrected chi connectivity index (χ4v) is 2.53. The third kappa shape index (κ3) is 5.43. The lowest BCUT2D eigenvalue weighted by atomic mass is 10.3. The van der Waals surface area contributed by atoms with Crippen molar-refractivity contribution in [2.24, 2.45) is 0 Å². The van der Waals surface area contributed by atoms with Gasteiger partial charge in [0, 0.05) is 17.2 Å². The highest BCUT2D eigenvalue weighted by Crippen LogP contribution is 2.15. The molecule has 0 atom stereocenters. The van der Waals surface area contributed by atoms with E-state index in [2.05, 4.69) is 4.98 Å². The second kappa shape index (κ2) is 7.58. The molecular weight excluding hydrogens is 258 g/mol. The number of carbonyl (C=O) groups is 1. The number of thiazole rings is 1. The maximum absolute atomic E-state index is 11.5. The van der Waals surface area contributed by atoms with Crippen LogP contribution in [-0.4, -0.2) is 30.8 Å². The minimum Gasteiger partial charge on any atom is -0.463 e. The highest BCUT2D eigenvalue weighted by atomic mass is 32.1. The Hall–Kier alpha value is -0.720. The molecule has 1 aromatic heterocycles. The molecule has 0 aliphatic carbocycles. The summed E-state index contributed by atoms with van der Waals surface area (Å²) in [5.74, 6) is -0.238. The van der Waals surface area contributed by atoms with Crippen LogP contribution in [0.15, 0.2) is 0 Å². The smallest absolute Gasteiger partial charge is 0.311 e. The first kappa shape index (κ1) is 14.3. The van der Waals surface area contributed by atoms with Gasteiger partial charge >= 0.3 is 5.97 Å². The molecule has 0 aliphatic heterocycles. The van der Waals surface area contributed by atoms with Crippen molar-refractivity contribution in [3.8, 4) is 0 Å². The maximum atomic E-state index is 11.5. The molecule has 0 spiro atoms. The average molecular weight is 275 g/mol. The highest BCUT2D eigenvalue weighted by Gasteiger charge is 2.09. The Morgan fingerprint density at radius 1 is 1.41 bits per heavy atom. The quantitative estimate of drug-likeness (QED) is 0.472. The van der Waals surface area contributed by atoms with Crippen molar-refractivity contribution >= 4 is 29.5 Å². The Bertz CT molecular complexity index is 411. The van der Waals surface area contributed by atoms with Crippen molar-refractivity contribution in [1.82, 2.24) is 4.98 Å². The Morgan fingerprint density at radius 3 is 2.76 bits per heavy atom. The second-order valence-electron chi connectivity index (χ2n) is 3.57.